The van der Waals surface area contributed by atoms with E-state index in [0.29, 0.717) is 12.8 Å². The van der Waals surface area contributed by atoms with Crippen molar-refractivity contribution in [1.82, 2.24) is 4.72 Å². The van der Waals surface area contributed by atoms with E-state index in [0.717, 1.165) is 5.56 Å². The van der Waals surface area contributed by atoms with Gasteiger partial charge in [0.05, 0.1) is 11.9 Å². The van der Waals surface area contributed by atoms with E-state index in [1.807, 2.05) is 30.3 Å². The van der Waals surface area contributed by atoms with Crippen molar-refractivity contribution in [2.75, 3.05) is 12.3 Å². The van der Waals surface area contributed by atoms with E-state index in [-0.39, 0.29) is 12.3 Å². The molecular weight excluding hydrogens is 238 g/mol. The number of hydrogen-bond acceptors (Lipinski definition) is 3. The van der Waals surface area contributed by atoms with Crippen LogP contribution in [0.2, 0.25) is 0 Å². The zero-order chi connectivity index (χ0) is 12.7. The van der Waals surface area contributed by atoms with E-state index in [1.165, 1.54) is 0 Å². The molecule has 1 aromatic carbocycles. The summed E-state index contributed by atoms with van der Waals surface area (Å²) in [6, 6.07) is 9.50. The molecule has 0 saturated heterocycles. The molecular formula is C12H19NO3S. The molecule has 0 aliphatic carbocycles. The van der Waals surface area contributed by atoms with Crippen LogP contribution < -0.4 is 4.72 Å². The van der Waals surface area contributed by atoms with Crippen LogP contribution in [0.1, 0.15) is 18.9 Å². The zero-order valence-corrected chi connectivity index (χ0v) is 10.8. The Morgan fingerprint density at radius 1 is 1.29 bits per heavy atom. The van der Waals surface area contributed by atoms with Gasteiger partial charge in [0.1, 0.15) is 0 Å². The fourth-order valence-electron chi connectivity index (χ4n) is 1.52. The lowest BCUT2D eigenvalue weighted by Gasteiger charge is -2.12. The van der Waals surface area contributed by atoms with Crippen LogP contribution in [-0.4, -0.2) is 31.9 Å². The van der Waals surface area contributed by atoms with Gasteiger partial charge in [-0.25, -0.2) is 13.1 Å². The molecule has 1 rings (SSSR count). The molecule has 0 radical (unpaired) electrons. The molecule has 0 bridgehead atoms. The maximum absolute atomic E-state index is 11.4. The molecule has 0 amide bonds. The summed E-state index contributed by atoms with van der Waals surface area (Å²) in [6.45, 7) is 1.87. The molecule has 0 aliphatic heterocycles. The molecule has 1 aromatic rings. The van der Waals surface area contributed by atoms with E-state index in [2.05, 4.69) is 4.72 Å². The van der Waals surface area contributed by atoms with Crippen LogP contribution in [0.3, 0.4) is 0 Å². The smallest absolute Gasteiger partial charge is 0.211 e. The molecule has 17 heavy (non-hydrogen) atoms. The van der Waals surface area contributed by atoms with Gasteiger partial charge in [0.25, 0.3) is 0 Å². The van der Waals surface area contributed by atoms with Crippen LogP contribution in [0.15, 0.2) is 30.3 Å². The van der Waals surface area contributed by atoms with Gasteiger partial charge in [-0.05, 0) is 18.4 Å². The van der Waals surface area contributed by atoms with Crippen LogP contribution in [-0.2, 0) is 16.4 Å². The van der Waals surface area contributed by atoms with Gasteiger partial charge in [-0.1, -0.05) is 37.3 Å². The number of sulfonamides is 1. The summed E-state index contributed by atoms with van der Waals surface area (Å²) in [7, 11) is -3.23. The van der Waals surface area contributed by atoms with Crippen LogP contribution >= 0.6 is 0 Å². The number of benzene rings is 1. The average Bonchev–Trinajstić information content (AvgIpc) is 2.28. The third-order valence-corrected chi connectivity index (χ3v) is 3.88. The lowest BCUT2D eigenvalue weighted by Crippen LogP contribution is -2.34. The molecule has 0 aliphatic rings. The minimum atomic E-state index is -3.23. The van der Waals surface area contributed by atoms with E-state index in [1.54, 1.807) is 6.92 Å². The lowest BCUT2D eigenvalue weighted by molar-refractivity contribution is 0.179. The van der Waals surface area contributed by atoms with E-state index in [9.17, 15) is 13.5 Å². The van der Waals surface area contributed by atoms with Gasteiger partial charge in [0.15, 0.2) is 0 Å². The Bertz CT molecular complexity index is 417. The quantitative estimate of drug-likeness (QED) is 0.763. The first-order valence-electron chi connectivity index (χ1n) is 5.73. The summed E-state index contributed by atoms with van der Waals surface area (Å²) in [4.78, 5) is 0. The molecule has 4 nitrogen and oxygen atoms in total. The molecule has 0 fully saturated rings. The summed E-state index contributed by atoms with van der Waals surface area (Å²) in [5.74, 6) is 0.102. The normalized spacial score (nSPS) is 13.5. The molecule has 0 spiro atoms. The number of aliphatic hydroxyl groups is 1. The highest BCUT2D eigenvalue weighted by molar-refractivity contribution is 7.89. The highest BCUT2D eigenvalue weighted by Gasteiger charge is 2.12. The molecule has 96 valence electrons. The summed E-state index contributed by atoms with van der Waals surface area (Å²) in [5, 5.41) is 9.71. The molecule has 1 unspecified atom stereocenters. The fourth-order valence-corrected chi connectivity index (χ4v) is 2.65. The van der Waals surface area contributed by atoms with Crippen molar-refractivity contribution in [2.45, 2.75) is 25.9 Å². The van der Waals surface area contributed by atoms with Gasteiger partial charge in [0, 0.05) is 6.54 Å². The Kier molecular flexibility index (Phi) is 5.61. The largest absolute Gasteiger partial charge is 0.391 e. The molecule has 5 heteroatoms. The third-order valence-electron chi connectivity index (χ3n) is 2.33. The third kappa shape index (κ3) is 5.81. The fraction of sp³-hybridized carbons (Fsp3) is 0.500. The molecule has 0 aromatic heterocycles. The summed E-state index contributed by atoms with van der Waals surface area (Å²) < 4.78 is 25.1. The van der Waals surface area contributed by atoms with Crippen LogP contribution in [0.4, 0.5) is 0 Å². The van der Waals surface area contributed by atoms with E-state index >= 15 is 0 Å². The highest BCUT2D eigenvalue weighted by atomic mass is 32.2. The molecule has 0 heterocycles. The summed E-state index contributed by atoms with van der Waals surface area (Å²) >= 11 is 0. The first-order valence-corrected chi connectivity index (χ1v) is 7.38. The van der Waals surface area contributed by atoms with Crippen LogP contribution in [0, 0.1) is 0 Å². The van der Waals surface area contributed by atoms with Crippen molar-refractivity contribution in [3.63, 3.8) is 0 Å². The minimum absolute atomic E-state index is 0.0667. The van der Waals surface area contributed by atoms with Crippen LogP contribution in [0.5, 0.6) is 0 Å². The van der Waals surface area contributed by atoms with E-state index < -0.39 is 16.1 Å². The predicted molar refractivity (Wildman–Crippen MR) is 68.2 cm³/mol. The monoisotopic (exact) mass is 257 g/mol. The summed E-state index contributed by atoms with van der Waals surface area (Å²) in [5.41, 5.74) is 0.995. The van der Waals surface area contributed by atoms with E-state index in [4.69, 9.17) is 0 Å². The first kappa shape index (κ1) is 14.2. The van der Waals surface area contributed by atoms with Gasteiger partial charge in [-0.2, -0.15) is 0 Å². The van der Waals surface area contributed by atoms with Gasteiger partial charge in [-0.3, -0.25) is 0 Å². The Morgan fingerprint density at radius 3 is 2.53 bits per heavy atom. The van der Waals surface area contributed by atoms with Crippen molar-refractivity contribution in [3.8, 4) is 0 Å². The maximum atomic E-state index is 11.4. The van der Waals surface area contributed by atoms with Gasteiger partial charge in [0.2, 0.25) is 10.0 Å². The first-order chi connectivity index (χ1) is 8.03. The summed E-state index contributed by atoms with van der Waals surface area (Å²) in [6.07, 6.45) is 0.337. The number of hydrogen-bond donors (Lipinski definition) is 2. The number of rotatable bonds is 7. The van der Waals surface area contributed by atoms with Crippen molar-refractivity contribution in [2.24, 2.45) is 0 Å². The minimum Gasteiger partial charge on any atom is -0.391 e. The Balaban J connectivity index is 2.38. The highest BCUT2D eigenvalue weighted by Crippen LogP contribution is 2.02. The standard InChI is InChI=1S/C12H19NO3S/c1-2-8-17(15,16)13-10-12(14)9-11-6-4-3-5-7-11/h3-7,12-14H,2,8-10H2,1H3. The van der Waals surface area contributed by atoms with Gasteiger partial charge < -0.3 is 5.11 Å². The topological polar surface area (TPSA) is 66.4 Å². The predicted octanol–water partition coefficient (Wildman–Crippen LogP) is 0.919. The van der Waals surface area contributed by atoms with Crippen molar-refractivity contribution in [3.05, 3.63) is 35.9 Å². The zero-order valence-electron chi connectivity index (χ0n) is 9.96. The van der Waals surface area contributed by atoms with Crippen molar-refractivity contribution < 1.29 is 13.5 Å². The van der Waals surface area contributed by atoms with Crippen molar-refractivity contribution in [1.29, 1.82) is 0 Å². The Morgan fingerprint density at radius 2 is 1.94 bits per heavy atom. The average molecular weight is 257 g/mol. The lowest BCUT2D eigenvalue weighted by atomic mass is 10.1. The van der Waals surface area contributed by atoms with Gasteiger partial charge >= 0.3 is 0 Å². The second-order valence-corrected chi connectivity index (χ2v) is 5.94. The number of nitrogens with one attached hydrogen (secondary N) is 1. The molecule has 0 saturated carbocycles. The number of aliphatic hydroxyl groups excluding tert-OH is 1. The van der Waals surface area contributed by atoms with Gasteiger partial charge in [-0.15, -0.1) is 0 Å². The SMILES string of the molecule is CCCS(=O)(=O)NCC(O)Cc1ccccc1. The second-order valence-electron chi connectivity index (χ2n) is 4.01. The Hall–Kier alpha value is -0.910. The molecule has 2 N–H and O–H groups in total. The maximum Gasteiger partial charge on any atom is 0.211 e. The Labute approximate surface area is 103 Å². The molecule has 1 atom stereocenters. The van der Waals surface area contributed by atoms with Crippen molar-refractivity contribution >= 4 is 10.0 Å². The van der Waals surface area contributed by atoms with Crippen LogP contribution in [0.25, 0.3) is 0 Å². The second kappa shape index (κ2) is 6.74.